The van der Waals surface area contributed by atoms with Gasteiger partial charge in [0.15, 0.2) is 0 Å². The molecule has 0 aromatic heterocycles. The molecule has 1 aliphatic heterocycles. The van der Waals surface area contributed by atoms with Crippen molar-refractivity contribution in [2.45, 2.75) is 64.5 Å². The first-order valence-electron chi connectivity index (χ1n) is 8.20. The minimum Gasteiger partial charge on any atom is -0.352 e. The molecule has 3 rings (SSSR count). The highest BCUT2D eigenvalue weighted by Gasteiger charge is 2.43. The largest absolute Gasteiger partial charge is 0.352 e. The van der Waals surface area contributed by atoms with Gasteiger partial charge in [0.05, 0.1) is 6.04 Å². The summed E-state index contributed by atoms with van der Waals surface area (Å²) < 4.78 is 0. The lowest BCUT2D eigenvalue weighted by Crippen LogP contribution is -2.51. The summed E-state index contributed by atoms with van der Waals surface area (Å²) in [7, 11) is 0. The van der Waals surface area contributed by atoms with Crippen molar-refractivity contribution in [3.63, 3.8) is 0 Å². The van der Waals surface area contributed by atoms with Crippen molar-refractivity contribution in [1.82, 2.24) is 10.6 Å². The SMILES string of the molecule is CC1CCCC(NC(=O)C2NCC3CCCC32)C1C. The third-order valence-corrected chi connectivity index (χ3v) is 6.06. The van der Waals surface area contributed by atoms with E-state index in [2.05, 4.69) is 24.5 Å². The van der Waals surface area contributed by atoms with Crippen LogP contribution in [0.3, 0.4) is 0 Å². The monoisotopic (exact) mass is 264 g/mol. The van der Waals surface area contributed by atoms with E-state index in [1.165, 1.54) is 32.1 Å². The molecule has 0 spiro atoms. The van der Waals surface area contributed by atoms with Crippen LogP contribution < -0.4 is 10.6 Å². The number of hydrogen-bond acceptors (Lipinski definition) is 2. The van der Waals surface area contributed by atoms with E-state index in [1.54, 1.807) is 0 Å². The molecule has 1 saturated heterocycles. The van der Waals surface area contributed by atoms with Crippen LogP contribution in [0.2, 0.25) is 0 Å². The van der Waals surface area contributed by atoms with Crippen molar-refractivity contribution in [3.8, 4) is 0 Å². The molecule has 3 aliphatic rings. The zero-order chi connectivity index (χ0) is 13.4. The molecular formula is C16H28N2O. The Labute approximate surface area is 116 Å². The van der Waals surface area contributed by atoms with E-state index in [1.807, 2.05) is 0 Å². The van der Waals surface area contributed by atoms with Gasteiger partial charge in [-0.25, -0.2) is 0 Å². The predicted molar refractivity (Wildman–Crippen MR) is 76.7 cm³/mol. The Balaban J connectivity index is 1.59. The molecule has 0 aromatic rings. The average Bonchev–Trinajstić information content (AvgIpc) is 2.96. The van der Waals surface area contributed by atoms with Crippen LogP contribution in [-0.4, -0.2) is 24.5 Å². The number of rotatable bonds is 2. The summed E-state index contributed by atoms with van der Waals surface area (Å²) >= 11 is 0. The maximum absolute atomic E-state index is 12.5. The Bertz CT molecular complexity index is 344. The third-order valence-electron chi connectivity index (χ3n) is 6.06. The van der Waals surface area contributed by atoms with Gasteiger partial charge in [0.25, 0.3) is 0 Å². The number of hydrogen-bond donors (Lipinski definition) is 2. The maximum atomic E-state index is 12.5. The maximum Gasteiger partial charge on any atom is 0.237 e. The Kier molecular flexibility index (Phi) is 3.84. The molecule has 2 N–H and O–H groups in total. The molecule has 19 heavy (non-hydrogen) atoms. The molecule has 1 heterocycles. The topological polar surface area (TPSA) is 41.1 Å². The highest BCUT2D eigenvalue weighted by Crippen LogP contribution is 2.38. The van der Waals surface area contributed by atoms with Crippen molar-refractivity contribution in [3.05, 3.63) is 0 Å². The van der Waals surface area contributed by atoms with E-state index in [-0.39, 0.29) is 11.9 Å². The fourth-order valence-electron chi connectivity index (χ4n) is 4.53. The zero-order valence-electron chi connectivity index (χ0n) is 12.3. The van der Waals surface area contributed by atoms with Gasteiger partial charge in [0, 0.05) is 6.04 Å². The van der Waals surface area contributed by atoms with Crippen LogP contribution >= 0.6 is 0 Å². The molecule has 6 atom stereocenters. The van der Waals surface area contributed by atoms with Gasteiger partial charge in [-0.2, -0.15) is 0 Å². The second kappa shape index (κ2) is 5.43. The van der Waals surface area contributed by atoms with Crippen LogP contribution in [0.15, 0.2) is 0 Å². The number of amides is 1. The molecule has 2 saturated carbocycles. The van der Waals surface area contributed by atoms with E-state index in [0.29, 0.717) is 17.9 Å². The second-order valence-corrected chi connectivity index (χ2v) is 7.12. The summed E-state index contributed by atoms with van der Waals surface area (Å²) in [6, 6.07) is 0.496. The lowest BCUT2D eigenvalue weighted by Gasteiger charge is -2.35. The van der Waals surface area contributed by atoms with Gasteiger partial charge in [-0.05, 0) is 49.5 Å². The van der Waals surface area contributed by atoms with Crippen molar-refractivity contribution in [2.75, 3.05) is 6.54 Å². The Morgan fingerprint density at radius 2 is 1.89 bits per heavy atom. The second-order valence-electron chi connectivity index (χ2n) is 7.12. The zero-order valence-corrected chi connectivity index (χ0v) is 12.3. The molecule has 0 bridgehead atoms. The van der Waals surface area contributed by atoms with Gasteiger partial charge >= 0.3 is 0 Å². The van der Waals surface area contributed by atoms with Gasteiger partial charge in [-0.15, -0.1) is 0 Å². The van der Waals surface area contributed by atoms with Gasteiger partial charge < -0.3 is 10.6 Å². The Morgan fingerprint density at radius 1 is 1.11 bits per heavy atom. The molecule has 0 aromatic carbocycles. The molecule has 3 fully saturated rings. The van der Waals surface area contributed by atoms with Crippen LogP contribution in [-0.2, 0) is 4.79 Å². The van der Waals surface area contributed by atoms with Crippen molar-refractivity contribution < 1.29 is 4.79 Å². The summed E-state index contributed by atoms with van der Waals surface area (Å²) in [6.45, 7) is 5.68. The summed E-state index contributed by atoms with van der Waals surface area (Å²) in [4.78, 5) is 12.5. The summed E-state index contributed by atoms with van der Waals surface area (Å²) in [5, 5.41) is 6.81. The van der Waals surface area contributed by atoms with Crippen LogP contribution in [0.4, 0.5) is 0 Å². The smallest absolute Gasteiger partial charge is 0.237 e. The highest BCUT2D eigenvalue weighted by molar-refractivity contribution is 5.83. The fraction of sp³-hybridized carbons (Fsp3) is 0.938. The quantitative estimate of drug-likeness (QED) is 0.803. The number of fused-ring (bicyclic) bond motifs is 1. The standard InChI is InChI=1S/C16H28N2O/c1-10-5-3-8-14(11(10)2)18-16(19)15-13-7-4-6-12(13)9-17-15/h10-15,17H,3-9H2,1-2H3,(H,18,19). The highest BCUT2D eigenvalue weighted by atomic mass is 16.2. The number of nitrogens with one attached hydrogen (secondary N) is 2. The summed E-state index contributed by atoms with van der Waals surface area (Å²) in [5.41, 5.74) is 0. The third kappa shape index (κ3) is 2.54. The molecule has 2 aliphatic carbocycles. The van der Waals surface area contributed by atoms with E-state index >= 15 is 0 Å². The molecule has 0 radical (unpaired) electrons. The van der Waals surface area contributed by atoms with Crippen molar-refractivity contribution in [1.29, 1.82) is 0 Å². The normalized spacial score (nSPS) is 46.0. The lowest BCUT2D eigenvalue weighted by molar-refractivity contribution is -0.125. The van der Waals surface area contributed by atoms with Gasteiger partial charge in [-0.3, -0.25) is 4.79 Å². The number of carbonyl (C=O) groups is 1. The van der Waals surface area contributed by atoms with Gasteiger partial charge in [-0.1, -0.05) is 33.1 Å². The van der Waals surface area contributed by atoms with Crippen LogP contribution in [0.1, 0.15) is 52.4 Å². The molecule has 3 nitrogen and oxygen atoms in total. The fourth-order valence-corrected chi connectivity index (χ4v) is 4.53. The van der Waals surface area contributed by atoms with Gasteiger partial charge in [0.1, 0.15) is 0 Å². The first-order chi connectivity index (χ1) is 9.16. The van der Waals surface area contributed by atoms with Crippen LogP contribution in [0.25, 0.3) is 0 Å². The minimum atomic E-state index is 0.0944. The Hall–Kier alpha value is -0.570. The van der Waals surface area contributed by atoms with E-state index in [0.717, 1.165) is 24.8 Å². The first kappa shape index (κ1) is 13.4. The molecular weight excluding hydrogens is 236 g/mol. The predicted octanol–water partition coefficient (Wildman–Crippen LogP) is 2.32. The first-order valence-corrected chi connectivity index (χ1v) is 8.20. The Morgan fingerprint density at radius 3 is 2.74 bits per heavy atom. The van der Waals surface area contributed by atoms with E-state index in [9.17, 15) is 4.79 Å². The van der Waals surface area contributed by atoms with Crippen LogP contribution in [0, 0.1) is 23.7 Å². The summed E-state index contributed by atoms with van der Waals surface area (Å²) in [5.74, 6) is 3.02. The molecule has 1 amide bonds. The molecule has 6 unspecified atom stereocenters. The van der Waals surface area contributed by atoms with Crippen molar-refractivity contribution in [2.24, 2.45) is 23.7 Å². The minimum absolute atomic E-state index is 0.0944. The van der Waals surface area contributed by atoms with Crippen molar-refractivity contribution >= 4 is 5.91 Å². The van der Waals surface area contributed by atoms with Gasteiger partial charge in [0.2, 0.25) is 5.91 Å². The van der Waals surface area contributed by atoms with E-state index < -0.39 is 0 Å². The van der Waals surface area contributed by atoms with E-state index in [4.69, 9.17) is 0 Å². The molecule has 108 valence electrons. The molecule has 3 heteroatoms. The number of carbonyl (C=O) groups excluding carboxylic acids is 1. The average molecular weight is 264 g/mol. The van der Waals surface area contributed by atoms with Crippen LogP contribution in [0.5, 0.6) is 0 Å². The summed E-state index contributed by atoms with van der Waals surface area (Å²) in [6.07, 6.45) is 7.63. The lowest BCUT2D eigenvalue weighted by atomic mass is 9.78.